The molecule has 2 aromatic rings. The molecule has 0 radical (unpaired) electrons. The number of hydrogen-bond donors (Lipinski definition) is 0. The van der Waals surface area contributed by atoms with Gasteiger partial charge in [0, 0.05) is 6.07 Å². The van der Waals surface area contributed by atoms with Crippen molar-refractivity contribution in [3.05, 3.63) is 65.4 Å². The van der Waals surface area contributed by atoms with Crippen molar-refractivity contribution in [2.45, 2.75) is 26.4 Å². The maximum atomic E-state index is 12.4. The lowest BCUT2D eigenvalue weighted by atomic mass is 9.96. The van der Waals surface area contributed by atoms with Crippen molar-refractivity contribution in [2.24, 2.45) is 0 Å². The highest BCUT2D eigenvalue weighted by Gasteiger charge is 2.28. The molecule has 1 atom stereocenters. The highest BCUT2D eigenvalue weighted by Crippen LogP contribution is 2.37. The Balaban J connectivity index is 1.80. The van der Waals surface area contributed by atoms with Gasteiger partial charge in [-0.1, -0.05) is 12.1 Å². The number of rotatable bonds is 4. The molecule has 0 N–H and O–H groups in total. The van der Waals surface area contributed by atoms with Crippen LogP contribution in [0.5, 0.6) is 17.2 Å². The van der Waals surface area contributed by atoms with Crippen LogP contribution >= 0.6 is 0 Å². The quantitative estimate of drug-likeness (QED) is 0.764. The van der Waals surface area contributed by atoms with Crippen LogP contribution in [0.15, 0.2) is 54.3 Å². The van der Waals surface area contributed by atoms with E-state index in [1.165, 1.54) is 0 Å². The second kappa shape index (κ2) is 6.79. The predicted octanol–water partition coefficient (Wildman–Crippen LogP) is 4.70. The minimum absolute atomic E-state index is 0.0776. The molecule has 24 heavy (non-hydrogen) atoms. The first-order valence-corrected chi connectivity index (χ1v) is 7.84. The number of benzene rings is 2. The van der Waals surface area contributed by atoms with E-state index in [0.717, 1.165) is 16.9 Å². The maximum absolute atomic E-state index is 12.4. The van der Waals surface area contributed by atoms with Gasteiger partial charge in [0.2, 0.25) is 0 Å². The van der Waals surface area contributed by atoms with Crippen LogP contribution in [0, 0.1) is 0 Å². The van der Waals surface area contributed by atoms with Gasteiger partial charge in [0.15, 0.2) is 5.78 Å². The van der Waals surface area contributed by atoms with E-state index < -0.39 is 0 Å². The lowest BCUT2D eigenvalue weighted by molar-refractivity contribution is 0.0849. The Bertz CT molecular complexity index is 771. The summed E-state index contributed by atoms with van der Waals surface area (Å²) in [7, 11) is 1.59. The molecule has 3 rings (SSSR count). The molecule has 0 bridgehead atoms. The number of fused-ring (bicyclic) bond motifs is 1. The van der Waals surface area contributed by atoms with Gasteiger partial charge in [-0.25, -0.2) is 0 Å². The van der Waals surface area contributed by atoms with Gasteiger partial charge in [0.05, 0.1) is 25.4 Å². The molecule has 4 heteroatoms. The third kappa shape index (κ3) is 3.43. The molecule has 1 aliphatic heterocycles. The summed E-state index contributed by atoms with van der Waals surface area (Å²) < 4.78 is 16.8. The summed E-state index contributed by atoms with van der Waals surface area (Å²) >= 11 is 0. The molecule has 1 heterocycles. The summed E-state index contributed by atoms with van der Waals surface area (Å²) in [6, 6.07) is 12.9. The molecular formula is C20H20O4. The first-order chi connectivity index (χ1) is 11.6. The number of ketones is 1. The molecule has 1 aliphatic rings. The summed E-state index contributed by atoms with van der Waals surface area (Å²) in [6.45, 7) is 3.95. The molecule has 0 aliphatic carbocycles. The number of ether oxygens (including phenoxy) is 3. The minimum Gasteiger partial charge on any atom is -0.497 e. The third-order valence-electron chi connectivity index (χ3n) is 3.81. The number of Topliss-reactive ketones (excluding diaryl/α,β-unsaturated/α-hetero) is 1. The highest BCUT2D eigenvalue weighted by molar-refractivity contribution is 6.00. The topological polar surface area (TPSA) is 44.8 Å². The zero-order chi connectivity index (χ0) is 17.1. The van der Waals surface area contributed by atoms with Gasteiger partial charge in [-0.05, 0) is 49.2 Å². The smallest absolute Gasteiger partial charge is 0.170 e. The van der Waals surface area contributed by atoms with Crippen molar-refractivity contribution < 1.29 is 19.0 Å². The van der Waals surface area contributed by atoms with E-state index in [-0.39, 0.29) is 11.9 Å². The minimum atomic E-state index is -0.297. The van der Waals surface area contributed by atoms with Crippen LogP contribution in [0.1, 0.15) is 42.3 Å². The Morgan fingerprint density at radius 3 is 2.50 bits per heavy atom. The average Bonchev–Trinajstić information content (AvgIpc) is 2.59. The molecular weight excluding hydrogens is 304 g/mol. The van der Waals surface area contributed by atoms with Crippen LogP contribution in [-0.4, -0.2) is 12.9 Å². The van der Waals surface area contributed by atoms with Crippen molar-refractivity contribution in [1.29, 1.82) is 0 Å². The number of methoxy groups -OCH3 is 1. The molecule has 2 aromatic carbocycles. The molecule has 0 aromatic heterocycles. The lowest BCUT2D eigenvalue weighted by Gasteiger charge is -2.26. The number of allylic oxidation sites excluding steroid dienone is 1. The summed E-state index contributed by atoms with van der Waals surface area (Å²) in [4.78, 5) is 12.4. The third-order valence-corrected chi connectivity index (χ3v) is 3.81. The Labute approximate surface area is 141 Å². The van der Waals surface area contributed by atoms with Gasteiger partial charge in [-0.2, -0.15) is 0 Å². The van der Waals surface area contributed by atoms with E-state index in [2.05, 4.69) is 0 Å². The first kappa shape index (κ1) is 16.1. The zero-order valence-corrected chi connectivity index (χ0v) is 14.0. The zero-order valence-electron chi connectivity index (χ0n) is 14.0. The van der Waals surface area contributed by atoms with E-state index >= 15 is 0 Å². The van der Waals surface area contributed by atoms with E-state index in [0.29, 0.717) is 23.5 Å². The van der Waals surface area contributed by atoms with Gasteiger partial charge in [-0.15, -0.1) is 0 Å². The van der Waals surface area contributed by atoms with Gasteiger partial charge < -0.3 is 14.2 Å². The van der Waals surface area contributed by atoms with Gasteiger partial charge in [-0.3, -0.25) is 4.79 Å². The summed E-state index contributed by atoms with van der Waals surface area (Å²) in [5.74, 6) is 2.08. The Hall–Kier alpha value is -2.75. The molecule has 1 unspecified atom stereocenters. The molecule has 0 fully saturated rings. The lowest BCUT2D eigenvalue weighted by Crippen LogP contribution is -2.20. The Morgan fingerprint density at radius 1 is 1.12 bits per heavy atom. The monoisotopic (exact) mass is 324 g/mol. The summed E-state index contributed by atoms with van der Waals surface area (Å²) in [5, 5.41) is 0. The van der Waals surface area contributed by atoms with Gasteiger partial charge in [0.25, 0.3) is 0 Å². The summed E-state index contributed by atoms with van der Waals surface area (Å²) in [5.41, 5.74) is 2.64. The fraction of sp³-hybridized carbons (Fsp3) is 0.250. The van der Waals surface area contributed by atoms with Crippen LogP contribution in [0.2, 0.25) is 0 Å². The first-order valence-electron chi connectivity index (χ1n) is 7.84. The molecule has 0 spiro atoms. The molecule has 4 nitrogen and oxygen atoms in total. The van der Waals surface area contributed by atoms with E-state index in [9.17, 15) is 4.79 Å². The van der Waals surface area contributed by atoms with Gasteiger partial charge >= 0.3 is 0 Å². The van der Waals surface area contributed by atoms with Crippen molar-refractivity contribution in [2.75, 3.05) is 7.11 Å². The molecule has 0 saturated heterocycles. The largest absolute Gasteiger partial charge is 0.497 e. The Kier molecular flexibility index (Phi) is 4.56. The fourth-order valence-electron chi connectivity index (χ4n) is 2.56. The van der Waals surface area contributed by atoms with Crippen LogP contribution in [-0.2, 0) is 0 Å². The van der Waals surface area contributed by atoms with Gasteiger partial charge in [0.1, 0.15) is 23.4 Å². The average molecular weight is 324 g/mol. The fourth-order valence-corrected chi connectivity index (χ4v) is 2.56. The normalized spacial score (nSPS) is 16.0. The number of carbonyl (C=O) groups excluding carboxylic acids is 1. The van der Waals surface area contributed by atoms with E-state index in [1.54, 1.807) is 31.6 Å². The van der Waals surface area contributed by atoms with E-state index in [1.807, 2.05) is 38.1 Å². The van der Waals surface area contributed by atoms with Crippen molar-refractivity contribution in [1.82, 2.24) is 0 Å². The Morgan fingerprint density at radius 2 is 1.83 bits per heavy atom. The molecule has 0 saturated carbocycles. The second-order valence-electron chi connectivity index (χ2n) is 5.98. The van der Waals surface area contributed by atoms with Crippen LogP contribution in [0.4, 0.5) is 0 Å². The standard InChI is InChI=1S/C20H20O4/c1-13(2)12-23-15-6-4-14(5-7-15)19-11-18(21)17-9-8-16(22-3)10-20(17)24-19/h4-10,12,19H,11H2,1-3H3. The maximum Gasteiger partial charge on any atom is 0.170 e. The highest BCUT2D eigenvalue weighted by atomic mass is 16.5. The number of carbonyl (C=O) groups is 1. The van der Waals surface area contributed by atoms with Crippen LogP contribution in [0.25, 0.3) is 0 Å². The SMILES string of the molecule is COc1ccc2c(c1)OC(c1ccc(OC=C(C)C)cc1)CC2=O. The van der Waals surface area contributed by atoms with Crippen molar-refractivity contribution in [3.8, 4) is 17.2 Å². The predicted molar refractivity (Wildman–Crippen MR) is 91.8 cm³/mol. The number of hydrogen-bond acceptors (Lipinski definition) is 4. The molecule has 0 amide bonds. The molecule has 124 valence electrons. The van der Waals surface area contributed by atoms with E-state index in [4.69, 9.17) is 14.2 Å². The van der Waals surface area contributed by atoms with Crippen LogP contribution < -0.4 is 14.2 Å². The van der Waals surface area contributed by atoms with Crippen molar-refractivity contribution >= 4 is 5.78 Å². The van der Waals surface area contributed by atoms with Crippen LogP contribution in [0.3, 0.4) is 0 Å². The summed E-state index contributed by atoms with van der Waals surface area (Å²) in [6.07, 6.45) is 1.74. The second-order valence-corrected chi connectivity index (χ2v) is 5.98. The van der Waals surface area contributed by atoms with Crippen molar-refractivity contribution in [3.63, 3.8) is 0 Å².